The SMILES string of the molecule is O=C(C(=O)N(Cc1ccc(-c2noc(C(F)(F)F)n2)s1)OCC(F)F)c1cccs1. The molecule has 3 rings (SSSR count). The number of hydrogen-bond acceptors (Lipinski definition) is 8. The second-order valence-electron chi connectivity index (χ2n) is 5.52. The van der Waals surface area contributed by atoms with Crippen LogP contribution in [-0.2, 0) is 22.4 Å². The first kappa shape index (κ1) is 22.0. The lowest BCUT2D eigenvalue weighted by atomic mass is 10.3. The summed E-state index contributed by atoms with van der Waals surface area (Å²) in [6.07, 6.45) is -7.70. The number of hydroxylamine groups is 2. The molecule has 0 saturated carbocycles. The molecule has 14 heteroatoms. The van der Waals surface area contributed by atoms with Crippen molar-refractivity contribution in [3.05, 3.63) is 45.3 Å². The second-order valence-corrected chi connectivity index (χ2v) is 7.64. The largest absolute Gasteiger partial charge is 0.471 e. The fourth-order valence-electron chi connectivity index (χ4n) is 2.11. The third kappa shape index (κ3) is 5.25. The minimum Gasteiger partial charge on any atom is -0.329 e. The average Bonchev–Trinajstić information content (AvgIpc) is 3.44. The highest BCUT2D eigenvalue weighted by molar-refractivity contribution is 7.15. The zero-order valence-corrected chi connectivity index (χ0v) is 16.2. The molecule has 0 bridgehead atoms. The number of hydrogen-bond donors (Lipinski definition) is 0. The molecule has 0 N–H and O–H groups in total. The van der Waals surface area contributed by atoms with Gasteiger partial charge in [0.25, 0.3) is 12.2 Å². The Morgan fingerprint density at radius 2 is 2.00 bits per heavy atom. The van der Waals surface area contributed by atoms with Gasteiger partial charge >= 0.3 is 18.0 Å². The van der Waals surface area contributed by atoms with E-state index in [4.69, 9.17) is 4.84 Å². The van der Waals surface area contributed by atoms with E-state index in [-0.39, 0.29) is 15.6 Å². The van der Waals surface area contributed by atoms with Gasteiger partial charge in [0.2, 0.25) is 5.82 Å². The van der Waals surface area contributed by atoms with Crippen LogP contribution in [0.5, 0.6) is 0 Å². The van der Waals surface area contributed by atoms with Gasteiger partial charge in [-0.25, -0.2) is 13.8 Å². The van der Waals surface area contributed by atoms with Crippen LogP contribution in [-0.4, -0.2) is 39.9 Å². The molecule has 3 heterocycles. The molecule has 0 aliphatic carbocycles. The molecule has 0 saturated heterocycles. The highest BCUT2D eigenvalue weighted by atomic mass is 32.1. The monoisotopic (exact) mass is 467 g/mol. The lowest BCUT2D eigenvalue weighted by molar-refractivity contribution is -0.196. The molecule has 160 valence electrons. The van der Waals surface area contributed by atoms with E-state index in [2.05, 4.69) is 14.7 Å². The Hall–Kier alpha value is -2.71. The fraction of sp³-hybridized carbons (Fsp3) is 0.250. The van der Waals surface area contributed by atoms with Crippen LogP contribution in [0, 0.1) is 0 Å². The number of carbonyl (C=O) groups is 2. The maximum atomic E-state index is 12.6. The molecule has 0 aliphatic heterocycles. The van der Waals surface area contributed by atoms with Crippen molar-refractivity contribution in [2.75, 3.05) is 6.61 Å². The van der Waals surface area contributed by atoms with E-state index in [0.717, 1.165) is 22.7 Å². The van der Waals surface area contributed by atoms with Gasteiger partial charge in [0.05, 0.1) is 16.3 Å². The van der Waals surface area contributed by atoms with Crippen molar-refractivity contribution < 1.29 is 40.9 Å². The van der Waals surface area contributed by atoms with Crippen molar-refractivity contribution >= 4 is 34.4 Å². The van der Waals surface area contributed by atoms with E-state index in [1.807, 2.05) is 0 Å². The number of aromatic nitrogens is 2. The van der Waals surface area contributed by atoms with E-state index in [1.165, 1.54) is 18.2 Å². The van der Waals surface area contributed by atoms with E-state index >= 15 is 0 Å². The van der Waals surface area contributed by atoms with Crippen LogP contribution in [0.1, 0.15) is 20.4 Å². The number of alkyl halides is 5. The summed E-state index contributed by atoms with van der Waals surface area (Å²) in [4.78, 5) is 33.2. The topological polar surface area (TPSA) is 85.5 Å². The minimum atomic E-state index is -4.81. The number of halogens is 5. The van der Waals surface area contributed by atoms with E-state index in [0.29, 0.717) is 9.94 Å². The molecule has 0 atom stereocenters. The summed E-state index contributed by atoms with van der Waals surface area (Å²) < 4.78 is 67.0. The molecule has 0 unspecified atom stereocenters. The first-order valence-electron chi connectivity index (χ1n) is 7.96. The number of nitrogens with zero attached hydrogens (tertiary/aromatic N) is 3. The molecule has 0 aliphatic rings. The summed E-state index contributed by atoms with van der Waals surface area (Å²) in [6, 6.07) is 5.71. The molecular formula is C16H10F5N3O4S2. The minimum absolute atomic E-state index is 0.101. The van der Waals surface area contributed by atoms with Crippen LogP contribution in [0.2, 0.25) is 0 Å². The van der Waals surface area contributed by atoms with Crippen LogP contribution in [0.4, 0.5) is 22.0 Å². The quantitative estimate of drug-likeness (QED) is 0.213. The van der Waals surface area contributed by atoms with Crippen LogP contribution < -0.4 is 0 Å². The summed E-state index contributed by atoms with van der Waals surface area (Å²) in [6.45, 7) is -1.52. The van der Waals surface area contributed by atoms with Crippen molar-refractivity contribution in [3.8, 4) is 10.7 Å². The second kappa shape index (κ2) is 8.97. The van der Waals surface area contributed by atoms with Gasteiger partial charge in [-0.15, -0.1) is 22.7 Å². The molecule has 0 fully saturated rings. The zero-order valence-electron chi connectivity index (χ0n) is 14.6. The predicted octanol–water partition coefficient (Wildman–Crippen LogP) is 4.29. The van der Waals surface area contributed by atoms with Crippen molar-refractivity contribution in [1.29, 1.82) is 0 Å². The van der Waals surface area contributed by atoms with Crippen molar-refractivity contribution in [2.24, 2.45) is 0 Å². The van der Waals surface area contributed by atoms with Crippen molar-refractivity contribution in [2.45, 2.75) is 19.1 Å². The number of ketones is 1. The maximum Gasteiger partial charge on any atom is 0.471 e. The molecule has 0 spiro atoms. The number of amides is 1. The number of rotatable bonds is 8. The zero-order chi connectivity index (χ0) is 21.9. The van der Waals surface area contributed by atoms with Crippen molar-refractivity contribution in [3.63, 3.8) is 0 Å². The van der Waals surface area contributed by atoms with Crippen LogP contribution in [0.15, 0.2) is 34.2 Å². The molecule has 1 amide bonds. The van der Waals surface area contributed by atoms with Gasteiger partial charge in [-0.1, -0.05) is 11.2 Å². The van der Waals surface area contributed by atoms with E-state index in [1.54, 1.807) is 11.4 Å². The highest BCUT2D eigenvalue weighted by Crippen LogP contribution is 2.32. The number of Topliss-reactive ketones (excluding diaryl/α,β-unsaturated/α-hetero) is 1. The number of thiophene rings is 2. The summed E-state index contributed by atoms with van der Waals surface area (Å²) in [5, 5.41) is 5.30. The third-order valence-electron chi connectivity index (χ3n) is 3.37. The van der Waals surface area contributed by atoms with Gasteiger partial charge in [-0.3, -0.25) is 14.4 Å². The van der Waals surface area contributed by atoms with Gasteiger partial charge in [0.15, 0.2) is 0 Å². The molecular weight excluding hydrogens is 457 g/mol. The van der Waals surface area contributed by atoms with Gasteiger partial charge in [0, 0.05) is 4.88 Å². The third-order valence-corrected chi connectivity index (χ3v) is 5.31. The lowest BCUT2D eigenvalue weighted by Gasteiger charge is -2.20. The lowest BCUT2D eigenvalue weighted by Crippen LogP contribution is -2.37. The normalized spacial score (nSPS) is 11.8. The molecule has 30 heavy (non-hydrogen) atoms. The smallest absolute Gasteiger partial charge is 0.329 e. The van der Waals surface area contributed by atoms with Crippen molar-refractivity contribution in [1.82, 2.24) is 15.2 Å². The summed E-state index contributed by atoms with van der Waals surface area (Å²) in [5.74, 6) is -3.96. The fourth-order valence-corrected chi connectivity index (χ4v) is 3.68. The van der Waals surface area contributed by atoms with Crippen LogP contribution in [0.3, 0.4) is 0 Å². The molecule has 3 aromatic rings. The van der Waals surface area contributed by atoms with Crippen LogP contribution >= 0.6 is 22.7 Å². The maximum absolute atomic E-state index is 12.6. The van der Waals surface area contributed by atoms with Crippen LogP contribution in [0.25, 0.3) is 10.7 Å². The first-order valence-corrected chi connectivity index (χ1v) is 9.65. The Bertz CT molecular complexity index is 1020. The Kier molecular flexibility index (Phi) is 6.58. The standard InChI is InChI=1S/C16H10F5N3O4S2/c17-11(18)7-27-24(14(26)12(25)9-2-1-5-29-9)6-8-3-4-10(30-8)13-22-15(28-23-13)16(19,20)21/h1-5,11H,6-7H2. The van der Waals surface area contributed by atoms with Gasteiger partial charge in [0.1, 0.15) is 6.61 Å². The van der Waals surface area contributed by atoms with Gasteiger partial charge < -0.3 is 4.52 Å². The van der Waals surface area contributed by atoms with E-state index < -0.39 is 43.3 Å². The Morgan fingerprint density at radius 3 is 2.60 bits per heavy atom. The molecule has 7 nitrogen and oxygen atoms in total. The predicted molar refractivity (Wildman–Crippen MR) is 93.8 cm³/mol. The summed E-state index contributed by atoms with van der Waals surface area (Å²) >= 11 is 1.87. The van der Waals surface area contributed by atoms with E-state index in [9.17, 15) is 31.5 Å². The highest BCUT2D eigenvalue weighted by Gasteiger charge is 2.38. The average molecular weight is 467 g/mol. The molecule has 0 aromatic carbocycles. The Balaban J connectivity index is 1.77. The molecule has 0 radical (unpaired) electrons. The Labute approximate surface area is 172 Å². The first-order chi connectivity index (χ1) is 14.1. The number of carbonyl (C=O) groups excluding carboxylic acids is 2. The van der Waals surface area contributed by atoms with Gasteiger partial charge in [-0.2, -0.15) is 18.2 Å². The molecule has 3 aromatic heterocycles. The Morgan fingerprint density at radius 1 is 1.23 bits per heavy atom. The summed E-state index contributed by atoms with van der Waals surface area (Å²) in [7, 11) is 0. The summed E-state index contributed by atoms with van der Waals surface area (Å²) in [5.41, 5.74) is 0. The van der Waals surface area contributed by atoms with Gasteiger partial charge in [-0.05, 0) is 23.6 Å².